The molecule has 2 rings (SSSR count). The molecule has 104 valence electrons. The Bertz CT molecular complexity index is 681. The van der Waals surface area contributed by atoms with Gasteiger partial charge in [0.15, 0.2) is 0 Å². The van der Waals surface area contributed by atoms with Crippen molar-refractivity contribution >= 4 is 11.7 Å². The quantitative estimate of drug-likeness (QED) is 0.896. The van der Waals surface area contributed by atoms with E-state index in [4.69, 9.17) is 15.6 Å². The highest BCUT2D eigenvalue weighted by atomic mass is 16.5. The summed E-state index contributed by atoms with van der Waals surface area (Å²) >= 11 is 0. The Labute approximate surface area is 117 Å². The lowest BCUT2D eigenvalue weighted by atomic mass is 10.1. The fourth-order valence-corrected chi connectivity index (χ4v) is 1.93. The van der Waals surface area contributed by atoms with Crippen molar-refractivity contribution in [1.29, 1.82) is 0 Å². The maximum Gasteiger partial charge on any atom is 0.338 e. The van der Waals surface area contributed by atoms with E-state index < -0.39 is 5.97 Å². The van der Waals surface area contributed by atoms with E-state index in [1.54, 1.807) is 0 Å². The molecule has 1 aromatic heterocycles. The van der Waals surface area contributed by atoms with Crippen LogP contribution in [0.15, 0.2) is 24.4 Å². The van der Waals surface area contributed by atoms with Crippen LogP contribution in [0.1, 0.15) is 27.0 Å². The zero-order valence-electron chi connectivity index (χ0n) is 11.6. The summed E-state index contributed by atoms with van der Waals surface area (Å²) in [7, 11) is 0. The molecule has 0 fully saturated rings. The van der Waals surface area contributed by atoms with Crippen LogP contribution >= 0.6 is 0 Å². The molecule has 1 heterocycles. The number of aryl methyl sites for hydroxylation is 2. The van der Waals surface area contributed by atoms with Gasteiger partial charge >= 0.3 is 5.97 Å². The van der Waals surface area contributed by atoms with Crippen LogP contribution in [0.5, 0.6) is 11.6 Å². The Hall–Kier alpha value is -2.56. The van der Waals surface area contributed by atoms with Crippen LogP contribution in [0.2, 0.25) is 0 Å². The van der Waals surface area contributed by atoms with Crippen LogP contribution in [0, 0.1) is 20.8 Å². The summed E-state index contributed by atoms with van der Waals surface area (Å²) in [6.07, 6.45) is 1.37. The highest BCUT2D eigenvalue weighted by Gasteiger charge is 2.15. The van der Waals surface area contributed by atoms with Crippen LogP contribution in [-0.4, -0.2) is 16.1 Å². The van der Waals surface area contributed by atoms with Crippen molar-refractivity contribution < 1.29 is 14.6 Å². The van der Waals surface area contributed by atoms with Gasteiger partial charge in [0.25, 0.3) is 0 Å². The molecule has 0 unspecified atom stereocenters. The molecule has 1 aromatic carbocycles. The summed E-state index contributed by atoms with van der Waals surface area (Å²) in [4.78, 5) is 15.0. The van der Waals surface area contributed by atoms with Crippen molar-refractivity contribution in [3.8, 4) is 11.6 Å². The molecular weight excluding hydrogens is 256 g/mol. The molecule has 20 heavy (non-hydrogen) atoms. The van der Waals surface area contributed by atoms with Gasteiger partial charge in [-0.1, -0.05) is 6.07 Å². The van der Waals surface area contributed by atoms with E-state index in [1.165, 1.54) is 12.3 Å². The van der Waals surface area contributed by atoms with Gasteiger partial charge in [0, 0.05) is 6.20 Å². The third kappa shape index (κ3) is 2.56. The van der Waals surface area contributed by atoms with Gasteiger partial charge in [-0.05, 0) is 49.6 Å². The minimum Gasteiger partial charge on any atom is -0.478 e. The lowest BCUT2D eigenvalue weighted by Crippen LogP contribution is -2.05. The van der Waals surface area contributed by atoms with E-state index in [9.17, 15) is 4.79 Å². The highest BCUT2D eigenvalue weighted by Crippen LogP contribution is 2.31. The van der Waals surface area contributed by atoms with E-state index in [1.807, 2.05) is 32.9 Å². The number of hydrogen-bond acceptors (Lipinski definition) is 4. The van der Waals surface area contributed by atoms with Gasteiger partial charge in [-0.25, -0.2) is 9.78 Å². The summed E-state index contributed by atoms with van der Waals surface area (Å²) in [6.45, 7) is 5.88. The summed E-state index contributed by atoms with van der Waals surface area (Å²) in [6, 6.07) is 5.27. The van der Waals surface area contributed by atoms with Crippen molar-refractivity contribution in [3.63, 3.8) is 0 Å². The number of nitrogens with two attached hydrogens (primary N) is 1. The predicted molar refractivity (Wildman–Crippen MR) is 76.3 cm³/mol. The Morgan fingerprint density at radius 1 is 1.30 bits per heavy atom. The SMILES string of the molecule is Cc1cc(C)c(C)c(Oc2nccc(C(=O)O)c2N)c1. The van der Waals surface area contributed by atoms with Crippen molar-refractivity contribution in [3.05, 3.63) is 46.6 Å². The molecule has 0 atom stereocenters. The molecule has 0 spiro atoms. The molecule has 5 heteroatoms. The number of nitrogen functional groups attached to an aromatic ring is 1. The van der Waals surface area contributed by atoms with Gasteiger partial charge in [-0.2, -0.15) is 0 Å². The topological polar surface area (TPSA) is 85.4 Å². The number of anilines is 1. The van der Waals surface area contributed by atoms with Crippen molar-refractivity contribution in [2.75, 3.05) is 5.73 Å². The number of aromatic nitrogens is 1. The molecule has 0 amide bonds. The Kier molecular flexibility index (Phi) is 3.61. The van der Waals surface area contributed by atoms with E-state index in [2.05, 4.69) is 4.98 Å². The molecule has 0 aliphatic carbocycles. The minimum absolute atomic E-state index is 0.0166. The Balaban J connectivity index is 2.46. The van der Waals surface area contributed by atoms with Crippen molar-refractivity contribution in [1.82, 2.24) is 4.98 Å². The van der Waals surface area contributed by atoms with Crippen LogP contribution < -0.4 is 10.5 Å². The number of rotatable bonds is 3. The van der Waals surface area contributed by atoms with E-state index in [0.717, 1.165) is 16.7 Å². The zero-order valence-corrected chi connectivity index (χ0v) is 11.6. The average molecular weight is 272 g/mol. The fourth-order valence-electron chi connectivity index (χ4n) is 1.93. The molecule has 2 aromatic rings. The smallest absolute Gasteiger partial charge is 0.338 e. The molecule has 0 aliphatic rings. The Morgan fingerprint density at radius 3 is 2.65 bits per heavy atom. The number of aromatic carboxylic acids is 1. The second kappa shape index (κ2) is 5.21. The summed E-state index contributed by atoms with van der Waals surface area (Å²) in [5, 5.41) is 9.04. The third-order valence-corrected chi connectivity index (χ3v) is 3.15. The van der Waals surface area contributed by atoms with Crippen molar-refractivity contribution in [2.45, 2.75) is 20.8 Å². The summed E-state index contributed by atoms with van der Waals surface area (Å²) < 4.78 is 5.69. The van der Waals surface area contributed by atoms with Gasteiger partial charge in [-0.15, -0.1) is 0 Å². The normalized spacial score (nSPS) is 10.3. The highest BCUT2D eigenvalue weighted by molar-refractivity contribution is 5.94. The van der Waals surface area contributed by atoms with E-state index in [-0.39, 0.29) is 17.1 Å². The number of carboxylic acid groups (broad SMARTS) is 1. The van der Waals surface area contributed by atoms with E-state index in [0.29, 0.717) is 5.75 Å². The number of hydrogen-bond donors (Lipinski definition) is 2. The first-order chi connectivity index (χ1) is 9.40. The van der Waals surface area contributed by atoms with Gasteiger partial charge in [-0.3, -0.25) is 0 Å². The zero-order chi connectivity index (χ0) is 14.9. The maximum absolute atomic E-state index is 11.0. The summed E-state index contributed by atoms with van der Waals surface area (Å²) in [5.74, 6) is -0.367. The minimum atomic E-state index is -1.10. The first-order valence-corrected chi connectivity index (χ1v) is 6.13. The number of benzene rings is 1. The molecule has 5 nitrogen and oxygen atoms in total. The van der Waals surface area contributed by atoms with Crippen molar-refractivity contribution in [2.24, 2.45) is 0 Å². The van der Waals surface area contributed by atoms with Crippen LogP contribution in [-0.2, 0) is 0 Å². The lowest BCUT2D eigenvalue weighted by molar-refractivity contribution is 0.0697. The summed E-state index contributed by atoms with van der Waals surface area (Å²) in [5.41, 5.74) is 8.91. The number of nitrogens with zero attached hydrogens (tertiary/aromatic N) is 1. The standard InChI is InChI=1S/C15H16N2O3/c1-8-6-9(2)10(3)12(7-8)20-14-13(16)11(15(18)19)4-5-17-14/h4-7H,16H2,1-3H3,(H,18,19). The third-order valence-electron chi connectivity index (χ3n) is 3.15. The second-order valence-electron chi connectivity index (χ2n) is 4.69. The first-order valence-electron chi connectivity index (χ1n) is 6.13. The maximum atomic E-state index is 11.0. The largest absolute Gasteiger partial charge is 0.478 e. The molecule has 0 aliphatic heterocycles. The van der Waals surface area contributed by atoms with Gasteiger partial charge < -0.3 is 15.6 Å². The number of carboxylic acids is 1. The second-order valence-corrected chi connectivity index (χ2v) is 4.69. The molecule has 0 radical (unpaired) electrons. The van der Waals surface area contributed by atoms with Crippen LogP contribution in [0.25, 0.3) is 0 Å². The molecular formula is C15H16N2O3. The molecule has 0 saturated heterocycles. The number of ether oxygens (including phenoxy) is 1. The number of pyridine rings is 1. The van der Waals surface area contributed by atoms with Gasteiger partial charge in [0.2, 0.25) is 5.88 Å². The average Bonchev–Trinajstić information content (AvgIpc) is 2.37. The lowest BCUT2D eigenvalue weighted by Gasteiger charge is -2.13. The van der Waals surface area contributed by atoms with Crippen LogP contribution in [0.3, 0.4) is 0 Å². The van der Waals surface area contributed by atoms with E-state index >= 15 is 0 Å². The predicted octanol–water partition coefficient (Wildman–Crippen LogP) is 3.08. The molecule has 0 bridgehead atoms. The van der Waals surface area contributed by atoms with Crippen LogP contribution in [0.4, 0.5) is 5.69 Å². The molecule has 3 N–H and O–H groups in total. The fraction of sp³-hybridized carbons (Fsp3) is 0.200. The van der Waals surface area contributed by atoms with Gasteiger partial charge in [0.05, 0.1) is 5.56 Å². The Morgan fingerprint density at radius 2 is 2.00 bits per heavy atom. The first kappa shape index (κ1) is 13.9. The molecule has 0 saturated carbocycles. The van der Waals surface area contributed by atoms with Gasteiger partial charge in [0.1, 0.15) is 11.4 Å². The monoisotopic (exact) mass is 272 g/mol. The number of carbonyl (C=O) groups is 1.